The third-order valence-electron chi connectivity index (χ3n) is 2.73. The molecule has 1 aromatic heterocycles. The van der Waals surface area contributed by atoms with E-state index in [0.29, 0.717) is 12.4 Å². The molecule has 2 rings (SSSR count). The van der Waals surface area contributed by atoms with Crippen molar-refractivity contribution in [3.63, 3.8) is 0 Å². The molecule has 0 N–H and O–H groups in total. The first-order chi connectivity index (χ1) is 7.33. The van der Waals surface area contributed by atoms with Crippen molar-refractivity contribution in [2.75, 3.05) is 5.88 Å². The van der Waals surface area contributed by atoms with Gasteiger partial charge in [0, 0.05) is 23.8 Å². The molecule has 0 bridgehead atoms. The Hall–Kier alpha value is -0.960. The standard InChI is InChI=1S/C11H15ClN2O/c12-7-9-14-11(15)6-8-13(14)10-4-2-1-3-5-10/h4,6,8H,1-3,5,7,9H2. The number of halogens is 1. The van der Waals surface area contributed by atoms with E-state index < -0.39 is 0 Å². The fraction of sp³-hybridized carbons (Fsp3) is 0.545. The van der Waals surface area contributed by atoms with Crippen molar-refractivity contribution in [3.8, 4) is 0 Å². The second-order valence-electron chi connectivity index (χ2n) is 3.75. The summed E-state index contributed by atoms with van der Waals surface area (Å²) < 4.78 is 3.65. The van der Waals surface area contributed by atoms with Gasteiger partial charge in [0.25, 0.3) is 5.56 Å². The van der Waals surface area contributed by atoms with E-state index in [1.165, 1.54) is 18.5 Å². The maximum atomic E-state index is 11.5. The van der Waals surface area contributed by atoms with E-state index in [-0.39, 0.29) is 5.56 Å². The van der Waals surface area contributed by atoms with E-state index in [4.69, 9.17) is 11.6 Å². The second kappa shape index (κ2) is 4.71. The molecule has 4 heteroatoms. The van der Waals surface area contributed by atoms with Gasteiger partial charge in [0.1, 0.15) is 0 Å². The lowest BCUT2D eigenvalue weighted by Crippen LogP contribution is -2.23. The summed E-state index contributed by atoms with van der Waals surface area (Å²) in [6.07, 6.45) is 8.68. The van der Waals surface area contributed by atoms with Crippen LogP contribution < -0.4 is 5.56 Å². The van der Waals surface area contributed by atoms with Crippen LogP contribution in [0.15, 0.2) is 23.1 Å². The smallest absolute Gasteiger partial charge is 0.266 e. The number of aromatic nitrogens is 2. The SMILES string of the molecule is O=c1ccn(C2=CCCCC2)n1CCCl. The summed E-state index contributed by atoms with van der Waals surface area (Å²) in [6.45, 7) is 0.574. The topological polar surface area (TPSA) is 26.9 Å². The number of nitrogens with zero attached hydrogens (tertiary/aromatic N) is 2. The maximum Gasteiger partial charge on any atom is 0.266 e. The van der Waals surface area contributed by atoms with Crippen molar-refractivity contribution in [2.45, 2.75) is 32.2 Å². The van der Waals surface area contributed by atoms with Crippen molar-refractivity contribution in [1.29, 1.82) is 0 Å². The lowest BCUT2D eigenvalue weighted by molar-refractivity contribution is 0.556. The molecule has 0 spiro atoms. The molecule has 0 amide bonds. The van der Waals surface area contributed by atoms with E-state index in [2.05, 4.69) is 6.08 Å². The maximum absolute atomic E-state index is 11.5. The van der Waals surface area contributed by atoms with Crippen LogP contribution in [-0.4, -0.2) is 15.2 Å². The quantitative estimate of drug-likeness (QED) is 0.727. The molecule has 0 unspecified atom stereocenters. The summed E-state index contributed by atoms with van der Waals surface area (Å²) >= 11 is 5.68. The van der Waals surface area contributed by atoms with E-state index >= 15 is 0 Å². The van der Waals surface area contributed by atoms with Gasteiger partial charge in [-0.3, -0.25) is 9.48 Å². The van der Waals surface area contributed by atoms with Crippen LogP contribution in [0.5, 0.6) is 0 Å². The minimum Gasteiger partial charge on any atom is -0.268 e. The zero-order valence-corrected chi connectivity index (χ0v) is 9.41. The Kier molecular flexibility index (Phi) is 3.31. The fourth-order valence-electron chi connectivity index (χ4n) is 1.99. The van der Waals surface area contributed by atoms with Gasteiger partial charge in [0.2, 0.25) is 0 Å². The predicted molar refractivity (Wildman–Crippen MR) is 62.2 cm³/mol. The first kappa shape index (κ1) is 10.6. The highest BCUT2D eigenvalue weighted by Gasteiger charge is 2.09. The van der Waals surface area contributed by atoms with Gasteiger partial charge in [-0.25, -0.2) is 4.68 Å². The third-order valence-corrected chi connectivity index (χ3v) is 2.90. The summed E-state index contributed by atoms with van der Waals surface area (Å²) in [4.78, 5) is 11.5. The number of rotatable bonds is 3. The van der Waals surface area contributed by atoms with Crippen molar-refractivity contribution in [2.24, 2.45) is 0 Å². The van der Waals surface area contributed by atoms with Crippen LogP contribution in [0.2, 0.25) is 0 Å². The van der Waals surface area contributed by atoms with Crippen LogP contribution in [0, 0.1) is 0 Å². The number of allylic oxidation sites excluding steroid dienone is 2. The molecule has 1 heterocycles. The van der Waals surface area contributed by atoms with E-state index in [9.17, 15) is 4.79 Å². The van der Waals surface area contributed by atoms with Gasteiger partial charge < -0.3 is 0 Å². The monoisotopic (exact) mass is 226 g/mol. The molecule has 0 aliphatic heterocycles. The van der Waals surface area contributed by atoms with Crippen molar-refractivity contribution >= 4 is 17.3 Å². The molecule has 1 aliphatic carbocycles. The summed E-state index contributed by atoms with van der Waals surface area (Å²) in [7, 11) is 0. The van der Waals surface area contributed by atoms with Crippen LogP contribution in [0.1, 0.15) is 25.7 Å². The zero-order chi connectivity index (χ0) is 10.7. The molecule has 15 heavy (non-hydrogen) atoms. The van der Waals surface area contributed by atoms with Gasteiger partial charge in [-0.2, -0.15) is 0 Å². The number of hydrogen-bond acceptors (Lipinski definition) is 1. The van der Waals surface area contributed by atoms with Crippen LogP contribution in [-0.2, 0) is 6.54 Å². The fourth-order valence-corrected chi connectivity index (χ4v) is 2.15. The minimum atomic E-state index is 0.0297. The van der Waals surface area contributed by atoms with Gasteiger partial charge in [-0.15, -0.1) is 11.6 Å². The molecule has 1 aromatic rings. The van der Waals surface area contributed by atoms with Crippen molar-refractivity contribution in [3.05, 3.63) is 28.7 Å². The van der Waals surface area contributed by atoms with Gasteiger partial charge in [-0.05, 0) is 25.7 Å². The molecule has 0 aromatic carbocycles. The van der Waals surface area contributed by atoms with Crippen LogP contribution >= 0.6 is 11.6 Å². The average Bonchev–Trinajstić information content (AvgIpc) is 2.63. The lowest BCUT2D eigenvalue weighted by Gasteiger charge is -2.17. The normalized spacial score (nSPS) is 16.5. The van der Waals surface area contributed by atoms with Crippen LogP contribution in [0.3, 0.4) is 0 Å². The predicted octanol–water partition coefficient (Wildman–Crippen LogP) is 2.30. The third kappa shape index (κ3) is 2.17. The highest BCUT2D eigenvalue weighted by atomic mass is 35.5. The van der Waals surface area contributed by atoms with Crippen molar-refractivity contribution < 1.29 is 0 Å². The average molecular weight is 227 g/mol. The summed E-state index contributed by atoms with van der Waals surface area (Å²) in [5, 5.41) is 0. The summed E-state index contributed by atoms with van der Waals surface area (Å²) in [5.41, 5.74) is 1.26. The molecular formula is C11H15ClN2O. The molecular weight excluding hydrogens is 212 g/mol. The molecule has 1 aliphatic rings. The molecule has 0 fully saturated rings. The molecule has 0 radical (unpaired) electrons. The second-order valence-corrected chi connectivity index (χ2v) is 4.13. The Balaban J connectivity index is 2.34. The highest BCUT2D eigenvalue weighted by Crippen LogP contribution is 2.20. The Morgan fingerprint density at radius 1 is 1.40 bits per heavy atom. The molecule has 82 valence electrons. The number of hydrogen-bond donors (Lipinski definition) is 0. The van der Waals surface area contributed by atoms with Crippen LogP contribution in [0.4, 0.5) is 0 Å². The zero-order valence-electron chi connectivity index (χ0n) is 8.66. The Morgan fingerprint density at radius 3 is 2.93 bits per heavy atom. The van der Waals surface area contributed by atoms with E-state index in [1.807, 2.05) is 10.9 Å². The largest absolute Gasteiger partial charge is 0.268 e. The van der Waals surface area contributed by atoms with Crippen molar-refractivity contribution in [1.82, 2.24) is 9.36 Å². The Morgan fingerprint density at radius 2 is 2.27 bits per heavy atom. The Labute approximate surface area is 93.9 Å². The van der Waals surface area contributed by atoms with E-state index in [1.54, 1.807) is 10.7 Å². The molecule has 0 atom stereocenters. The molecule has 3 nitrogen and oxygen atoms in total. The first-order valence-electron chi connectivity index (χ1n) is 5.37. The van der Waals surface area contributed by atoms with Gasteiger partial charge in [-0.1, -0.05) is 6.08 Å². The highest BCUT2D eigenvalue weighted by molar-refractivity contribution is 6.17. The van der Waals surface area contributed by atoms with Gasteiger partial charge in [0.15, 0.2) is 0 Å². The van der Waals surface area contributed by atoms with Crippen LogP contribution in [0.25, 0.3) is 5.70 Å². The Bertz CT molecular complexity index is 416. The van der Waals surface area contributed by atoms with Gasteiger partial charge >= 0.3 is 0 Å². The first-order valence-corrected chi connectivity index (χ1v) is 5.90. The van der Waals surface area contributed by atoms with Gasteiger partial charge in [0.05, 0.1) is 6.54 Å². The minimum absolute atomic E-state index is 0.0297. The summed E-state index contributed by atoms with van der Waals surface area (Å²) in [5.74, 6) is 0.469. The summed E-state index contributed by atoms with van der Waals surface area (Å²) in [6, 6.07) is 1.60. The molecule has 0 saturated carbocycles. The van der Waals surface area contributed by atoms with E-state index in [0.717, 1.165) is 12.8 Å². The lowest BCUT2D eigenvalue weighted by atomic mass is 10.1. The molecule has 0 saturated heterocycles. The number of alkyl halides is 1.